The van der Waals surface area contributed by atoms with Gasteiger partial charge in [-0.15, -0.1) is 0 Å². The van der Waals surface area contributed by atoms with Gasteiger partial charge in [0.15, 0.2) is 0 Å². The summed E-state index contributed by atoms with van der Waals surface area (Å²) in [5.74, 6) is 0.202. The van der Waals surface area contributed by atoms with Crippen molar-refractivity contribution in [1.82, 2.24) is 14.8 Å². The van der Waals surface area contributed by atoms with E-state index in [2.05, 4.69) is 33.6 Å². The number of hydrogen-bond donors (Lipinski definition) is 1. The van der Waals surface area contributed by atoms with Crippen molar-refractivity contribution in [3.8, 4) is 17.2 Å². The molecule has 2 amide bonds. The van der Waals surface area contributed by atoms with Crippen LogP contribution in [0.3, 0.4) is 0 Å². The van der Waals surface area contributed by atoms with E-state index in [1.165, 1.54) is 5.56 Å². The monoisotopic (exact) mass is 516 g/mol. The van der Waals surface area contributed by atoms with Gasteiger partial charge < -0.3 is 10.2 Å². The number of nitrogens with zero attached hydrogens (tertiary/aromatic N) is 5. The zero-order valence-electron chi connectivity index (χ0n) is 21.5. The first-order chi connectivity index (χ1) is 19.0. The zero-order chi connectivity index (χ0) is 26.8. The maximum absolute atomic E-state index is 13.1. The van der Waals surface area contributed by atoms with E-state index in [1.54, 1.807) is 23.2 Å². The highest BCUT2D eigenvalue weighted by molar-refractivity contribution is 6.02. The molecule has 39 heavy (non-hydrogen) atoms. The Morgan fingerprint density at radius 1 is 1.05 bits per heavy atom. The predicted octanol–water partition coefficient (Wildman–Crippen LogP) is 4.83. The van der Waals surface area contributed by atoms with Crippen LogP contribution in [0.15, 0.2) is 85.3 Å². The molecular weight excluding hydrogens is 488 g/mol. The second kappa shape index (κ2) is 10.2. The zero-order valence-corrected chi connectivity index (χ0v) is 21.5. The largest absolute Gasteiger partial charge is 0.311 e. The minimum Gasteiger partial charge on any atom is -0.311 e. The maximum Gasteiger partial charge on any atom is 0.247 e. The SMILES string of the molecule is N#C[C@@]1(C2CC2)CCN(c2ccnc(NC(=O)Cc3cccc(-c4cnn(Cc5ccccc5)c4)c3)c2)C1=O. The summed E-state index contributed by atoms with van der Waals surface area (Å²) in [4.78, 5) is 32.0. The number of nitrogens with one attached hydrogen (secondary N) is 1. The third kappa shape index (κ3) is 5.04. The van der Waals surface area contributed by atoms with E-state index in [4.69, 9.17) is 0 Å². The molecule has 1 aliphatic carbocycles. The van der Waals surface area contributed by atoms with E-state index in [0.29, 0.717) is 31.0 Å². The first-order valence-corrected chi connectivity index (χ1v) is 13.2. The molecule has 1 saturated heterocycles. The Labute approximate surface area is 226 Å². The van der Waals surface area contributed by atoms with Crippen LogP contribution in [-0.2, 0) is 22.6 Å². The van der Waals surface area contributed by atoms with Crippen molar-refractivity contribution in [3.63, 3.8) is 0 Å². The van der Waals surface area contributed by atoms with Crippen LogP contribution in [0.25, 0.3) is 11.1 Å². The van der Waals surface area contributed by atoms with Crippen molar-refractivity contribution in [3.05, 3.63) is 96.4 Å². The van der Waals surface area contributed by atoms with Crippen LogP contribution < -0.4 is 10.2 Å². The standard InChI is InChI=1S/C31H28N6O2/c32-21-31(26-9-10-26)12-14-37(30(31)39)27-11-13-33-28(17-27)35-29(38)16-23-7-4-8-24(15-23)25-18-34-36(20-25)19-22-5-2-1-3-6-22/h1-8,11,13,15,17-18,20,26H,9-10,12,14,16,19H2,(H,33,35,38)/t31-/m1/s1. The lowest BCUT2D eigenvalue weighted by atomic mass is 9.83. The van der Waals surface area contributed by atoms with Crippen molar-refractivity contribution in [2.75, 3.05) is 16.8 Å². The summed E-state index contributed by atoms with van der Waals surface area (Å²) in [6, 6.07) is 23.8. The molecule has 8 nitrogen and oxygen atoms in total. The van der Waals surface area contributed by atoms with Crippen molar-refractivity contribution >= 4 is 23.3 Å². The number of pyridine rings is 1. The number of benzene rings is 2. The predicted molar refractivity (Wildman–Crippen MR) is 148 cm³/mol. The van der Waals surface area contributed by atoms with Gasteiger partial charge in [0.2, 0.25) is 11.8 Å². The molecule has 0 radical (unpaired) electrons. The summed E-state index contributed by atoms with van der Waals surface area (Å²) in [7, 11) is 0. The number of aromatic nitrogens is 3. The Balaban J connectivity index is 1.11. The molecule has 4 aromatic rings. The summed E-state index contributed by atoms with van der Waals surface area (Å²) in [6.07, 6.45) is 8.00. The lowest BCUT2D eigenvalue weighted by Gasteiger charge is -2.21. The summed E-state index contributed by atoms with van der Waals surface area (Å²) < 4.78 is 1.90. The molecule has 1 atom stereocenters. The van der Waals surface area contributed by atoms with E-state index >= 15 is 0 Å². The minimum absolute atomic E-state index is 0.139. The molecule has 2 aromatic carbocycles. The molecule has 1 aliphatic heterocycles. The highest BCUT2D eigenvalue weighted by atomic mass is 16.2. The quantitative estimate of drug-likeness (QED) is 0.361. The van der Waals surface area contributed by atoms with Crippen molar-refractivity contribution in [1.29, 1.82) is 5.26 Å². The summed E-state index contributed by atoms with van der Waals surface area (Å²) in [6.45, 7) is 1.19. The van der Waals surface area contributed by atoms with E-state index in [-0.39, 0.29) is 24.2 Å². The van der Waals surface area contributed by atoms with E-state index in [0.717, 1.165) is 29.5 Å². The minimum atomic E-state index is -0.907. The van der Waals surface area contributed by atoms with Crippen LogP contribution in [0.1, 0.15) is 30.4 Å². The van der Waals surface area contributed by atoms with Crippen molar-refractivity contribution in [2.45, 2.75) is 32.2 Å². The highest BCUT2D eigenvalue weighted by Crippen LogP contribution is 2.51. The van der Waals surface area contributed by atoms with Gasteiger partial charge in [-0.05, 0) is 47.9 Å². The van der Waals surface area contributed by atoms with Crippen LogP contribution in [0.5, 0.6) is 0 Å². The van der Waals surface area contributed by atoms with Crippen LogP contribution in [0.4, 0.5) is 11.5 Å². The van der Waals surface area contributed by atoms with Gasteiger partial charge in [-0.1, -0.05) is 54.6 Å². The average Bonchev–Trinajstić information content (AvgIpc) is 3.61. The van der Waals surface area contributed by atoms with Gasteiger partial charge >= 0.3 is 0 Å². The molecule has 0 bridgehead atoms. The Morgan fingerprint density at radius 2 is 1.87 bits per heavy atom. The Kier molecular flexibility index (Phi) is 6.41. The van der Waals surface area contributed by atoms with E-state index in [1.807, 2.05) is 59.5 Å². The first kappa shape index (κ1) is 24.6. The lowest BCUT2D eigenvalue weighted by molar-refractivity contribution is -0.123. The first-order valence-electron chi connectivity index (χ1n) is 13.2. The molecule has 0 unspecified atom stereocenters. The molecule has 2 fully saturated rings. The van der Waals surface area contributed by atoms with Gasteiger partial charge in [-0.25, -0.2) is 4.98 Å². The van der Waals surface area contributed by atoms with E-state index < -0.39 is 5.41 Å². The van der Waals surface area contributed by atoms with Gasteiger partial charge in [0.05, 0.1) is 25.2 Å². The van der Waals surface area contributed by atoms with Gasteiger partial charge in [-0.2, -0.15) is 10.4 Å². The highest BCUT2D eigenvalue weighted by Gasteiger charge is 2.56. The van der Waals surface area contributed by atoms with Gasteiger partial charge in [-0.3, -0.25) is 14.3 Å². The number of carbonyl (C=O) groups is 2. The average molecular weight is 517 g/mol. The molecule has 2 aromatic heterocycles. The van der Waals surface area contributed by atoms with Crippen LogP contribution in [0.2, 0.25) is 0 Å². The smallest absolute Gasteiger partial charge is 0.247 e. The summed E-state index contributed by atoms with van der Waals surface area (Å²) >= 11 is 0. The topological polar surface area (TPSA) is 104 Å². The normalized spacial score (nSPS) is 18.6. The van der Waals surface area contributed by atoms with E-state index in [9.17, 15) is 14.9 Å². The molecule has 2 aliphatic rings. The van der Waals surface area contributed by atoms with Crippen molar-refractivity contribution in [2.24, 2.45) is 11.3 Å². The second-order valence-electron chi connectivity index (χ2n) is 10.3. The van der Waals surface area contributed by atoms with Crippen LogP contribution >= 0.6 is 0 Å². The number of amides is 2. The molecule has 0 spiro atoms. The number of hydrogen-bond acceptors (Lipinski definition) is 5. The van der Waals surface area contributed by atoms with Crippen LogP contribution in [0, 0.1) is 22.7 Å². The summed E-state index contributed by atoms with van der Waals surface area (Å²) in [5, 5.41) is 17.1. The lowest BCUT2D eigenvalue weighted by Crippen LogP contribution is -2.35. The fraction of sp³-hybridized carbons (Fsp3) is 0.258. The molecule has 1 saturated carbocycles. The fourth-order valence-corrected chi connectivity index (χ4v) is 5.39. The summed E-state index contributed by atoms with van der Waals surface area (Å²) in [5.41, 5.74) is 3.76. The van der Waals surface area contributed by atoms with Crippen LogP contribution in [-0.4, -0.2) is 33.1 Å². The number of rotatable bonds is 8. The number of anilines is 2. The molecule has 1 N–H and O–H groups in total. The molecule has 8 heteroatoms. The van der Waals surface area contributed by atoms with Gasteiger partial charge in [0.1, 0.15) is 11.2 Å². The molecule has 6 rings (SSSR count). The molecular formula is C31H28N6O2. The van der Waals surface area contributed by atoms with Gasteiger partial charge in [0, 0.05) is 36.3 Å². The third-order valence-corrected chi connectivity index (χ3v) is 7.60. The number of carbonyl (C=O) groups excluding carboxylic acids is 2. The Morgan fingerprint density at radius 3 is 2.67 bits per heavy atom. The second-order valence-corrected chi connectivity index (χ2v) is 10.3. The Bertz CT molecular complexity index is 1570. The van der Waals surface area contributed by atoms with Gasteiger partial charge in [0.25, 0.3) is 0 Å². The number of nitriles is 1. The molecule has 3 heterocycles. The fourth-order valence-electron chi connectivity index (χ4n) is 5.39. The third-order valence-electron chi connectivity index (χ3n) is 7.60. The van der Waals surface area contributed by atoms with Crippen molar-refractivity contribution < 1.29 is 9.59 Å². The maximum atomic E-state index is 13.1. The Hall–Kier alpha value is -4.77. The molecule has 194 valence electrons.